The van der Waals surface area contributed by atoms with Gasteiger partial charge < -0.3 is 0 Å². The molecule has 1 aromatic rings. The zero-order valence-corrected chi connectivity index (χ0v) is 7.75. The SMILES string of the molecule is N#CCNS(=O)(=O)c1cnccc1F. The molecule has 1 rings (SSSR count). The van der Waals surface area contributed by atoms with Gasteiger partial charge in [-0.1, -0.05) is 0 Å². The van der Waals surface area contributed by atoms with E-state index in [0.717, 1.165) is 18.5 Å². The maximum atomic E-state index is 13.0. The van der Waals surface area contributed by atoms with Crippen LogP contribution in [-0.2, 0) is 10.0 Å². The van der Waals surface area contributed by atoms with Crippen LogP contribution in [-0.4, -0.2) is 19.9 Å². The van der Waals surface area contributed by atoms with Crippen LogP contribution < -0.4 is 4.72 Å². The van der Waals surface area contributed by atoms with E-state index >= 15 is 0 Å². The summed E-state index contributed by atoms with van der Waals surface area (Å²) in [5, 5.41) is 8.16. The van der Waals surface area contributed by atoms with E-state index in [1.807, 2.05) is 4.72 Å². The van der Waals surface area contributed by atoms with Gasteiger partial charge in [-0.3, -0.25) is 4.98 Å². The molecule has 0 aliphatic rings. The lowest BCUT2D eigenvalue weighted by Crippen LogP contribution is -2.24. The van der Waals surface area contributed by atoms with Gasteiger partial charge in [0.05, 0.1) is 12.6 Å². The first-order valence-electron chi connectivity index (χ1n) is 3.54. The van der Waals surface area contributed by atoms with Crippen LogP contribution in [0, 0.1) is 17.1 Å². The van der Waals surface area contributed by atoms with Crippen molar-refractivity contribution in [1.82, 2.24) is 9.71 Å². The Morgan fingerprint density at radius 3 is 2.93 bits per heavy atom. The average Bonchev–Trinajstić information content (AvgIpc) is 2.15. The third-order valence-electron chi connectivity index (χ3n) is 1.36. The summed E-state index contributed by atoms with van der Waals surface area (Å²) >= 11 is 0. The molecule has 7 heteroatoms. The summed E-state index contributed by atoms with van der Waals surface area (Å²) in [4.78, 5) is 2.92. The van der Waals surface area contributed by atoms with E-state index in [1.54, 1.807) is 6.07 Å². The lowest BCUT2D eigenvalue weighted by molar-refractivity contribution is 0.557. The fourth-order valence-corrected chi connectivity index (χ4v) is 1.70. The maximum absolute atomic E-state index is 13.0. The van der Waals surface area contributed by atoms with Gasteiger partial charge in [0.2, 0.25) is 10.0 Å². The number of hydrogen-bond donors (Lipinski definition) is 1. The molecular weight excluding hydrogens is 209 g/mol. The molecule has 0 aliphatic carbocycles. The number of pyridine rings is 1. The van der Waals surface area contributed by atoms with Crippen LogP contribution in [0.2, 0.25) is 0 Å². The second kappa shape index (κ2) is 4.13. The molecule has 1 aromatic heterocycles. The van der Waals surface area contributed by atoms with Crippen LogP contribution in [0.5, 0.6) is 0 Å². The van der Waals surface area contributed by atoms with E-state index in [9.17, 15) is 12.8 Å². The number of rotatable bonds is 3. The molecule has 74 valence electrons. The molecule has 14 heavy (non-hydrogen) atoms. The molecule has 1 heterocycles. The summed E-state index contributed by atoms with van der Waals surface area (Å²) in [6.07, 6.45) is 2.02. The van der Waals surface area contributed by atoms with Crippen molar-refractivity contribution in [2.75, 3.05) is 6.54 Å². The standard InChI is InChI=1S/C7H6FN3O2S/c8-6-1-3-10-5-7(6)14(12,13)11-4-2-9/h1,3,5,11H,4H2. The first-order chi connectivity index (χ1) is 6.58. The first kappa shape index (κ1) is 10.6. The number of sulfonamides is 1. The van der Waals surface area contributed by atoms with Crippen LogP contribution in [0.1, 0.15) is 0 Å². The summed E-state index contributed by atoms with van der Waals surface area (Å²) in [6.45, 7) is -0.406. The predicted octanol–water partition coefficient (Wildman–Crippen LogP) is 0.0226. The Labute approximate surface area is 80.2 Å². The Balaban J connectivity index is 3.06. The minimum absolute atomic E-state index is 0.406. The van der Waals surface area contributed by atoms with Crippen LogP contribution in [0.25, 0.3) is 0 Å². The Bertz CT molecular complexity index is 466. The Kier molecular flexibility index (Phi) is 3.11. The summed E-state index contributed by atoms with van der Waals surface area (Å²) < 4.78 is 37.4. The largest absolute Gasteiger partial charge is 0.263 e. The van der Waals surface area contributed by atoms with E-state index in [-0.39, 0.29) is 0 Å². The van der Waals surface area contributed by atoms with Crippen LogP contribution >= 0.6 is 0 Å². The number of hydrogen-bond acceptors (Lipinski definition) is 4. The number of aromatic nitrogens is 1. The van der Waals surface area contributed by atoms with E-state index in [1.165, 1.54) is 0 Å². The summed E-state index contributed by atoms with van der Waals surface area (Å²) in [7, 11) is -3.96. The Morgan fingerprint density at radius 2 is 2.36 bits per heavy atom. The lowest BCUT2D eigenvalue weighted by Gasteiger charge is -2.02. The highest BCUT2D eigenvalue weighted by Gasteiger charge is 2.17. The molecule has 1 N–H and O–H groups in total. The molecule has 0 atom stereocenters. The highest BCUT2D eigenvalue weighted by atomic mass is 32.2. The van der Waals surface area contributed by atoms with Crippen molar-refractivity contribution >= 4 is 10.0 Å². The summed E-state index contributed by atoms with van der Waals surface area (Å²) in [6, 6.07) is 2.51. The van der Waals surface area contributed by atoms with Gasteiger partial charge >= 0.3 is 0 Å². The van der Waals surface area contributed by atoms with Crippen molar-refractivity contribution in [2.45, 2.75) is 4.90 Å². The third kappa shape index (κ3) is 2.25. The molecular formula is C7H6FN3O2S. The molecule has 0 unspecified atom stereocenters. The second-order valence-corrected chi connectivity index (χ2v) is 4.02. The van der Waals surface area contributed by atoms with Gasteiger partial charge in [0.15, 0.2) is 0 Å². The smallest absolute Gasteiger partial charge is 0.245 e. The van der Waals surface area contributed by atoms with Gasteiger partial charge in [-0.05, 0) is 6.07 Å². The number of nitrogens with one attached hydrogen (secondary N) is 1. The topological polar surface area (TPSA) is 82.9 Å². The van der Waals surface area contributed by atoms with Gasteiger partial charge in [-0.2, -0.15) is 9.98 Å². The molecule has 0 saturated heterocycles. The molecule has 0 saturated carbocycles. The molecule has 0 spiro atoms. The van der Waals surface area contributed by atoms with Crippen LogP contribution in [0.15, 0.2) is 23.4 Å². The van der Waals surface area contributed by atoms with Crippen molar-refractivity contribution < 1.29 is 12.8 Å². The fraction of sp³-hybridized carbons (Fsp3) is 0.143. The molecule has 5 nitrogen and oxygen atoms in total. The fourth-order valence-electron chi connectivity index (χ4n) is 0.766. The highest BCUT2D eigenvalue weighted by molar-refractivity contribution is 7.89. The first-order valence-corrected chi connectivity index (χ1v) is 5.02. The van der Waals surface area contributed by atoms with Gasteiger partial charge in [-0.15, -0.1) is 0 Å². The van der Waals surface area contributed by atoms with Gasteiger partial charge in [0.25, 0.3) is 0 Å². The zero-order chi connectivity index (χ0) is 10.6. The van der Waals surface area contributed by atoms with E-state index in [0.29, 0.717) is 0 Å². The average molecular weight is 215 g/mol. The molecule has 0 aliphatic heterocycles. The lowest BCUT2D eigenvalue weighted by atomic mass is 10.5. The molecule has 0 radical (unpaired) electrons. The van der Waals surface area contributed by atoms with E-state index in [4.69, 9.17) is 5.26 Å². The summed E-state index contributed by atoms with van der Waals surface area (Å²) in [5.74, 6) is -0.898. The minimum Gasteiger partial charge on any atom is -0.263 e. The Hall–Kier alpha value is -1.52. The Morgan fingerprint density at radius 1 is 1.64 bits per heavy atom. The second-order valence-electron chi connectivity index (χ2n) is 2.29. The van der Waals surface area contributed by atoms with Crippen molar-refractivity contribution in [3.63, 3.8) is 0 Å². The maximum Gasteiger partial charge on any atom is 0.245 e. The normalized spacial score (nSPS) is 10.9. The van der Waals surface area contributed by atoms with Crippen molar-refractivity contribution in [1.29, 1.82) is 5.26 Å². The predicted molar refractivity (Wildman–Crippen MR) is 45.0 cm³/mol. The number of nitriles is 1. The molecule has 0 bridgehead atoms. The van der Waals surface area contributed by atoms with Gasteiger partial charge in [0, 0.05) is 12.4 Å². The van der Waals surface area contributed by atoms with Crippen molar-refractivity contribution in [3.8, 4) is 6.07 Å². The van der Waals surface area contributed by atoms with E-state index < -0.39 is 27.3 Å². The number of nitrogens with zero attached hydrogens (tertiary/aromatic N) is 2. The number of halogens is 1. The zero-order valence-electron chi connectivity index (χ0n) is 6.94. The summed E-state index contributed by atoms with van der Waals surface area (Å²) in [5.41, 5.74) is 0. The van der Waals surface area contributed by atoms with Crippen molar-refractivity contribution in [2.24, 2.45) is 0 Å². The highest BCUT2D eigenvalue weighted by Crippen LogP contribution is 2.10. The van der Waals surface area contributed by atoms with Gasteiger partial charge in [0.1, 0.15) is 10.7 Å². The van der Waals surface area contributed by atoms with Crippen LogP contribution in [0.4, 0.5) is 4.39 Å². The third-order valence-corrected chi connectivity index (χ3v) is 2.77. The monoisotopic (exact) mass is 215 g/mol. The van der Waals surface area contributed by atoms with Crippen LogP contribution in [0.3, 0.4) is 0 Å². The quantitative estimate of drug-likeness (QED) is 0.720. The molecule has 0 amide bonds. The minimum atomic E-state index is -3.96. The molecule has 0 fully saturated rings. The molecule has 0 aromatic carbocycles. The van der Waals surface area contributed by atoms with Gasteiger partial charge in [-0.25, -0.2) is 12.8 Å². The van der Waals surface area contributed by atoms with Crippen molar-refractivity contribution in [3.05, 3.63) is 24.3 Å². The van der Waals surface area contributed by atoms with E-state index in [2.05, 4.69) is 4.98 Å².